The highest BCUT2D eigenvalue weighted by molar-refractivity contribution is 5.90. The average Bonchev–Trinajstić information content (AvgIpc) is 2.38. The lowest BCUT2D eigenvalue weighted by atomic mass is 10.1. The zero-order chi connectivity index (χ0) is 14.0. The third-order valence-electron chi connectivity index (χ3n) is 2.45. The number of hydrogen-bond donors (Lipinski definition) is 2. The fraction of sp³-hybridized carbons (Fsp3) is 0. The summed E-state index contributed by atoms with van der Waals surface area (Å²) in [4.78, 5) is 34.7. The molecule has 0 saturated carbocycles. The first kappa shape index (κ1) is 12.5. The number of rotatable bonds is 3. The van der Waals surface area contributed by atoms with Gasteiger partial charge in [-0.05, 0) is 12.1 Å². The molecule has 0 atom stereocenters. The molecular weight excluding hydrogens is 252 g/mol. The molecule has 0 aliphatic carbocycles. The molecule has 19 heavy (non-hydrogen) atoms. The number of nitro benzene ring substituents is 1. The third kappa shape index (κ3) is 2.65. The van der Waals surface area contributed by atoms with Gasteiger partial charge in [0.15, 0.2) is 0 Å². The summed E-state index contributed by atoms with van der Waals surface area (Å²) in [5, 5.41) is 19.7. The number of pyridine rings is 1. The number of non-ortho nitro benzene ring substituents is 1. The Morgan fingerprint density at radius 2 is 2.00 bits per heavy atom. The molecule has 0 bridgehead atoms. The predicted molar refractivity (Wildman–Crippen MR) is 66.1 cm³/mol. The highest BCUT2D eigenvalue weighted by atomic mass is 16.6. The van der Waals surface area contributed by atoms with Gasteiger partial charge >= 0.3 is 5.97 Å². The summed E-state index contributed by atoms with van der Waals surface area (Å²) < 4.78 is 0. The maximum absolute atomic E-state index is 11.2. The van der Waals surface area contributed by atoms with Crippen LogP contribution in [0, 0.1) is 10.1 Å². The lowest BCUT2D eigenvalue weighted by Crippen LogP contribution is -2.05. The van der Waals surface area contributed by atoms with Gasteiger partial charge in [-0.25, -0.2) is 4.79 Å². The van der Waals surface area contributed by atoms with Crippen molar-refractivity contribution in [2.75, 3.05) is 0 Å². The number of nitrogens with zero attached hydrogens (tertiary/aromatic N) is 1. The molecule has 0 radical (unpaired) electrons. The number of H-pyrrole nitrogens is 1. The SMILES string of the molecule is O=C(O)c1cc(-c2cccc(=O)[nH]2)cc([N+](=O)[O-])c1. The van der Waals surface area contributed by atoms with E-state index >= 15 is 0 Å². The van der Waals surface area contributed by atoms with Gasteiger partial charge in [-0.15, -0.1) is 0 Å². The highest BCUT2D eigenvalue weighted by Gasteiger charge is 2.14. The maximum Gasteiger partial charge on any atom is 0.335 e. The molecule has 7 heteroatoms. The lowest BCUT2D eigenvalue weighted by molar-refractivity contribution is -0.384. The number of carbonyl (C=O) groups is 1. The van der Waals surface area contributed by atoms with Gasteiger partial charge in [0.1, 0.15) is 0 Å². The molecule has 2 aromatic rings. The normalized spacial score (nSPS) is 10.1. The van der Waals surface area contributed by atoms with Crippen LogP contribution in [-0.2, 0) is 0 Å². The van der Waals surface area contributed by atoms with Gasteiger partial charge < -0.3 is 10.1 Å². The first-order chi connectivity index (χ1) is 8.97. The van der Waals surface area contributed by atoms with Crippen LogP contribution in [0.1, 0.15) is 10.4 Å². The molecule has 2 N–H and O–H groups in total. The fourth-order valence-corrected chi connectivity index (χ4v) is 1.61. The standard InChI is InChI=1S/C12H8N2O5/c15-11-3-1-2-10(13-11)7-4-8(12(16)17)6-9(5-7)14(18)19/h1-6H,(H,13,15)(H,16,17). The molecule has 0 aliphatic rings. The Bertz CT molecular complexity index is 688. The van der Waals surface area contributed by atoms with E-state index in [1.54, 1.807) is 0 Å². The van der Waals surface area contributed by atoms with E-state index in [1.807, 2.05) is 0 Å². The summed E-state index contributed by atoms with van der Waals surface area (Å²) in [6.45, 7) is 0. The van der Waals surface area contributed by atoms with Crippen LogP contribution < -0.4 is 5.56 Å². The minimum atomic E-state index is -1.27. The van der Waals surface area contributed by atoms with Crippen molar-refractivity contribution in [2.24, 2.45) is 0 Å². The second-order valence-electron chi connectivity index (χ2n) is 3.76. The van der Waals surface area contributed by atoms with Crippen LogP contribution in [0.25, 0.3) is 11.3 Å². The lowest BCUT2D eigenvalue weighted by Gasteiger charge is -2.03. The molecule has 0 aliphatic heterocycles. The molecule has 96 valence electrons. The van der Waals surface area contributed by atoms with E-state index in [-0.39, 0.29) is 22.4 Å². The number of aromatic carboxylic acids is 1. The first-order valence-electron chi connectivity index (χ1n) is 5.20. The Morgan fingerprint density at radius 1 is 1.26 bits per heavy atom. The largest absolute Gasteiger partial charge is 0.478 e. The summed E-state index contributed by atoms with van der Waals surface area (Å²) in [5.41, 5.74) is -0.350. The maximum atomic E-state index is 11.2. The summed E-state index contributed by atoms with van der Waals surface area (Å²) in [7, 11) is 0. The Morgan fingerprint density at radius 3 is 2.58 bits per heavy atom. The number of aromatic nitrogens is 1. The summed E-state index contributed by atoms with van der Waals surface area (Å²) >= 11 is 0. The molecule has 0 amide bonds. The zero-order valence-corrected chi connectivity index (χ0v) is 9.49. The molecule has 7 nitrogen and oxygen atoms in total. The molecule has 0 saturated heterocycles. The van der Waals surface area contributed by atoms with Crippen molar-refractivity contribution in [3.05, 3.63) is 62.4 Å². The summed E-state index contributed by atoms with van der Waals surface area (Å²) in [6, 6.07) is 7.74. The van der Waals surface area contributed by atoms with Crippen molar-refractivity contribution in [3.8, 4) is 11.3 Å². The van der Waals surface area contributed by atoms with Crippen molar-refractivity contribution in [1.29, 1.82) is 0 Å². The predicted octanol–water partition coefficient (Wildman–Crippen LogP) is 1.65. The van der Waals surface area contributed by atoms with Gasteiger partial charge in [-0.1, -0.05) is 6.07 Å². The molecule has 2 rings (SSSR count). The molecule has 1 aromatic heterocycles. The fourth-order valence-electron chi connectivity index (χ4n) is 1.61. The summed E-state index contributed by atoms with van der Waals surface area (Å²) in [6.07, 6.45) is 0. The molecular formula is C12H8N2O5. The summed E-state index contributed by atoms with van der Waals surface area (Å²) in [5.74, 6) is -1.27. The van der Waals surface area contributed by atoms with Gasteiger partial charge in [0, 0.05) is 29.5 Å². The monoisotopic (exact) mass is 260 g/mol. The van der Waals surface area contributed by atoms with Gasteiger partial charge in [0.25, 0.3) is 5.69 Å². The number of carboxylic acid groups (broad SMARTS) is 1. The van der Waals surface area contributed by atoms with E-state index in [2.05, 4.69) is 4.98 Å². The van der Waals surface area contributed by atoms with Crippen molar-refractivity contribution in [2.45, 2.75) is 0 Å². The minimum absolute atomic E-state index is 0.214. The van der Waals surface area contributed by atoms with Gasteiger partial charge in [-0.3, -0.25) is 14.9 Å². The molecule has 0 unspecified atom stereocenters. The number of carboxylic acids is 1. The van der Waals surface area contributed by atoms with E-state index in [4.69, 9.17) is 5.11 Å². The van der Waals surface area contributed by atoms with Gasteiger partial charge in [0.05, 0.1) is 10.5 Å². The second kappa shape index (κ2) is 4.73. The molecule has 1 aromatic carbocycles. The van der Waals surface area contributed by atoms with Crippen molar-refractivity contribution < 1.29 is 14.8 Å². The number of nitrogens with one attached hydrogen (secondary N) is 1. The van der Waals surface area contributed by atoms with E-state index in [0.29, 0.717) is 5.69 Å². The van der Waals surface area contributed by atoms with Crippen LogP contribution in [0.3, 0.4) is 0 Å². The number of nitro groups is 1. The van der Waals surface area contributed by atoms with Crippen molar-refractivity contribution >= 4 is 11.7 Å². The first-order valence-corrected chi connectivity index (χ1v) is 5.20. The Labute approximate surface area is 106 Å². The minimum Gasteiger partial charge on any atom is -0.478 e. The van der Waals surface area contributed by atoms with Crippen LogP contribution in [0.15, 0.2) is 41.2 Å². The smallest absolute Gasteiger partial charge is 0.335 e. The highest BCUT2D eigenvalue weighted by Crippen LogP contribution is 2.24. The number of hydrogen-bond acceptors (Lipinski definition) is 4. The Kier molecular flexibility index (Phi) is 3.11. The second-order valence-corrected chi connectivity index (χ2v) is 3.76. The Balaban J connectivity index is 2.66. The third-order valence-corrected chi connectivity index (χ3v) is 2.45. The van der Waals surface area contributed by atoms with Crippen molar-refractivity contribution in [1.82, 2.24) is 4.98 Å². The van der Waals surface area contributed by atoms with Crippen LogP contribution in [-0.4, -0.2) is 21.0 Å². The van der Waals surface area contributed by atoms with Crippen LogP contribution in [0.2, 0.25) is 0 Å². The van der Waals surface area contributed by atoms with E-state index < -0.39 is 10.9 Å². The van der Waals surface area contributed by atoms with E-state index in [9.17, 15) is 19.7 Å². The Hall–Kier alpha value is -2.96. The zero-order valence-electron chi connectivity index (χ0n) is 9.49. The van der Waals surface area contributed by atoms with Crippen molar-refractivity contribution in [3.63, 3.8) is 0 Å². The quantitative estimate of drug-likeness (QED) is 0.643. The van der Waals surface area contributed by atoms with E-state index in [1.165, 1.54) is 30.3 Å². The molecule has 1 heterocycles. The molecule has 0 spiro atoms. The van der Waals surface area contributed by atoms with Crippen LogP contribution >= 0.6 is 0 Å². The van der Waals surface area contributed by atoms with E-state index in [0.717, 1.165) is 6.07 Å². The van der Waals surface area contributed by atoms with Gasteiger partial charge in [-0.2, -0.15) is 0 Å². The van der Waals surface area contributed by atoms with Crippen LogP contribution in [0.4, 0.5) is 5.69 Å². The van der Waals surface area contributed by atoms with Crippen LogP contribution in [0.5, 0.6) is 0 Å². The average molecular weight is 260 g/mol. The van der Waals surface area contributed by atoms with Gasteiger partial charge in [0.2, 0.25) is 5.56 Å². The number of benzene rings is 1. The topological polar surface area (TPSA) is 113 Å². The number of aromatic amines is 1. The molecule has 0 fully saturated rings.